The second-order valence-electron chi connectivity index (χ2n) is 3.16. The first-order chi connectivity index (χ1) is 7.67. The molecule has 0 unspecified atom stereocenters. The van der Waals surface area contributed by atoms with Crippen molar-refractivity contribution in [3.8, 4) is 5.75 Å². The summed E-state index contributed by atoms with van der Waals surface area (Å²) < 4.78 is 9.98. The first-order valence-electron chi connectivity index (χ1n) is 4.85. The van der Waals surface area contributed by atoms with Gasteiger partial charge in [0.25, 0.3) is 0 Å². The molecule has 1 rings (SSSR count). The second kappa shape index (κ2) is 6.35. The van der Waals surface area contributed by atoms with Gasteiger partial charge < -0.3 is 15.2 Å². The molecule has 0 amide bonds. The fourth-order valence-corrected chi connectivity index (χ4v) is 1.35. The molecule has 88 valence electrons. The minimum absolute atomic E-state index is 0.154. The zero-order valence-corrected chi connectivity index (χ0v) is 9.79. The van der Waals surface area contributed by atoms with Gasteiger partial charge in [0.05, 0.1) is 18.6 Å². The molecule has 0 heterocycles. The van der Waals surface area contributed by atoms with Crippen LogP contribution >= 0.6 is 11.6 Å². The Hall–Kier alpha value is -1.26. The maximum absolute atomic E-state index is 11.1. The van der Waals surface area contributed by atoms with Gasteiger partial charge in [-0.05, 0) is 12.1 Å². The van der Waals surface area contributed by atoms with E-state index in [1.54, 1.807) is 25.3 Å². The van der Waals surface area contributed by atoms with E-state index in [1.165, 1.54) is 0 Å². The molecule has 0 radical (unpaired) electrons. The van der Waals surface area contributed by atoms with Crippen LogP contribution in [0.3, 0.4) is 0 Å². The van der Waals surface area contributed by atoms with Gasteiger partial charge in [0.1, 0.15) is 12.4 Å². The van der Waals surface area contributed by atoms with Crippen molar-refractivity contribution in [3.63, 3.8) is 0 Å². The Bertz CT molecular complexity index is 368. The van der Waals surface area contributed by atoms with E-state index >= 15 is 0 Å². The smallest absolute Gasteiger partial charge is 0.307 e. The number of rotatable bonds is 5. The van der Waals surface area contributed by atoms with Crippen LogP contribution in [-0.2, 0) is 16.1 Å². The van der Waals surface area contributed by atoms with E-state index in [0.717, 1.165) is 5.56 Å². The van der Waals surface area contributed by atoms with Crippen LogP contribution < -0.4 is 10.5 Å². The van der Waals surface area contributed by atoms with Crippen molar-refractivity contribution >= 4 is 17.6 Å². The summed E-state index contributed by atoms with van der Waals surface area (Å²) in [5.74, 6) is 0.344. The van der Waals surface area contributed by atoms with Crippen LogP contribution in [0, 0.1) is 0 Å². The summed E-state index contributed by atoms with van der Waals surface area (Å²) in [6, 6.07) is 5.20. The molecular weight excluding hydrogens is 230 g/mol. The quantitative estimate of drug-likeness (QED) is 0.801. The summed E-state index contributed by atoms with van der Waals surface area (Å²) in [6.45, 7) is 0.441. The van der Waals surface area contributed by atoms with Crippen molar-refractivity contribution in [1.82, 2.24) is 0 Å². The van der Waals surface area contributed by atoms with Crippen molar-refractivity contribution in [2.45, 2.75) is 13.0 Å². The number of esters is 1. The van der Waals surface area contributed by atoms with Crippen LogP contribution in [0.4, 0.5) is 0 Å². The van der Waals surface area contributed by atoms with E-state index in [-0.39, 0.29) is 25.5 Å². The van der Waals surface area contributed by atoms with Crippen LogP contribution in [0.1, 0.15) is 12.0 Å². The number of benzene rings is 1. The number of nitrogens with two attached hydrogens (primary N) is 1. The Morgan fingerprint density at radius 2 is 2.25 bits per heavy atom. The molecule has 0 aliphatic rings. The van der Waals surface area contributed by atoms with E-state index in [4.69, 9.17) is 26.8 Å². The van der Waals surface area contributed by atoms with Gasteiger partial charge in [-0.2, -0.15) is 0 Å². The molecule has 0 spiro atoms. The lowest BCUT2D eigenvalue weighted by Gasteiger charge is -2.07. The van der Waals surface area contributed by atoms with E-state index in [2.05, 4.69) is 0 Å². The highest BCUT2D eigenvalue weighted by Crippen LogP contribution is 2.22. The minimum Gasteiger partial charge on any atom is -0.497 e. The fraction of sp³-hybridized carbons (Fsp3) is 0.364. The molecule has 4 nitrogen and oxygen atoms in total. The first kappa shape index (κ1) is 12.8. The zero-order valence-electron chi connectivity index (χ0n) is 9.03. The summed E-state index contributed by atoms with van der Waals surface area (Å²) in [6.07, 6.45) is 0.216. The predicted molar refractivity (Wildman–Crippen MR) is 61.5 cm³/mol. The number of hydrogen-bond donors (Lipinski definition) is 1. The summed E-state index contributed by atoms with van der Waals surface area (Å²) in [5.41, 5.74) is 5.97. The minimum atomic E-state index is -0.325. The van der Waals surface area contributed by atoms with Gasteiger partial charge >= 0.3 is 5.97 Å². The van der Waals surface area contributed by atoms with Crippen molar-refractivity contribution < 1.29 is 14.3 Å². The molecule has 1 aromatic rings. The van der Waals surface area contributed by atoms with Crippen molar-refractivity contribution in [2.75, 3.05) is 13.7 Å². The van der Waals surface area contributed by atoms with Crippen LogP contribution in [0.15, 0.2) is 18.2 Å². The summed E-state index contributed by atoms with van der Waals surface area (Å²) in [4.78, 5) is 11.1. The molecule has 0 aliphatic carbocycles. The van der Waals surface area contributed by atoms with Crippen molar-refractivity contribution in [1.29, 1.82) is 0 Å². The monoisotopic (exact) mass is 243 g/mol. The third kappa shape index (κ3) is 3.72. The summed E-state index contributed by atoms with van der Waals surface area (Å²) in [5, 5.41) is 0.514. The Balaban J connectivity index is 2.57. The molecule has 0 aromatic heterocycles. The Kier molecular flexibility index (Phi) is 5.08. The van der Waals surface area contributed by atoms with Crippen LogP contribution in [0.5, 0.6) is 5.75 Å². The lowest BCUT2D eigenvalue weighted by Crippen LogP contribution is -2.11. The predicted octanol–water partition coefficient (Wildman–Crippen LogP) is 1.74. The molecule has 0 bridgehead atoms. The number of halogens is 1. The lowest BCUT2D eigenvalue weighted by molar-refractivity contribution is -0.144. The Labute approximate surface area is 99.3 Å². The number of ether oxygens (including phenoxy) is 2. The van der Waals surface area contributed by atoms with Crippen molar-refractivity contribution in [2.24, 2.45) is 5.73 Å². The van der Waals surface area contributed by atoms with Crippen LogP contribution in [-0.4, -0.2) is 19.6 Å². The fourth-order valence-electron chi connectivity index (χ4n) is 1.12. The van der Waals surface area contributed by atoms with Crippen LogP contribution in [0.2, 0.25) is 5.02 Å². The average Bonchev–Trinajstić information content (AvgIpc) is 2.27. The largest absolute Gasteiger partial charge is 0.497 e. The van der Waals surface area contributed by atoms with Gasteiger partial charge in [-0.1, -0.05) is 17.7 Å². The maximum atomic E-state index is 11.1. The average molecular weight is 244 g/mol. The van der Waals surface area contributed by atoms with E-state index < -0.39 is 0 Å². The van der Waals surface area contributed by atoms with Gasteiger partial charge in [0, 0.05) is 12.1 Å². The van der Waals surface area contributed by atoms with Gasteiger partial charge in [0.2, 0.25) is 0 Å². The highest BCUT2D eigenvalue weighted by Gasteiger charge is 2.06. The van der Waals surface area contributed by atoms with Gasteiger partial charge in [-0.3, -0.25) is 4.79 Å². The number of carbonyl (C=O) groups excluding carboxylic acids is 1. The molecule has 0 aliphatic heterocycles. The second-order valence-corrected chi connectivity index (χ2v) is 3.56. The molecular formula is C11H14ClNO3. The molecule has 2 N–H and O–H groups in total. The highest BCUT2D eigenvalue weighted by atomic mass is 35.5. The van der Waals surface area contributed by atoms with Gasteiger partial charge in [0.15, 0.2) is 0 Å². The third-order valence-electron chi connectivity index (χ3n) is 2.00. The number of methoxy groups -OCH3 is 1. The molecule has 1 aromatic carbocycles. The maximum Gasteiger partial charge on any atom is 0.307 e. The molecule has 5 heteroatoms. The van der Waals surface area contributed by atoms with Crippen molar-refractivity contribution in [3.05, 3.63) is 28.8 Å². The lowest BCUT2D eigenvalue weighted by atomic mass is 10.2. The van der Waals surface area contributed by atoms with Crippen LogP contribution in [0.25, 0.3) is 0 Å². The molecule has 0 fully saturated rings. The first-order valence-corrected chi connectivity index (χ1v) is 5.23. The highest BCUT2D eigenvalue weighted by molar-refractivity contribution is 6.31. The van der Waals surface area contributed by atoms with Gasteiger partial charge in [-0.15, -0.1) is 0 Å². The molecule has 0 saturated heterocycles. The summed E-state index contributed by atoms with van der Waals surface area (Å²) in [7, 11) is 1.56. The summed E-state index contributed by atoms with van der Waals surface area (Å²) >= 11 is 5.97. The number of hydrogen-bond acceptors (Lipinski definition) is 4. The normalized spacial score (nSPS) is 9.94. The van der Waals surface area contributed by atoms with Gasteiger partial charge in [-0.25, -0.2) is 0 Å². The zero-order chi connectivity index (χ0) is 12.0. The molecule has 0 saturated carbocycles. The third-order valence-corrected chi connectivity index (χ3v) is 2.35. The Morgan fingerprint density at radius 3 is 2.81 bits per heavy atom. The van der Waals surface area contributed by atoms with E-state index in [0.29, 0.717) is 10.8 Å². The number of carbonyl (C=O) groups is 1. The molecule has 16 heavy (non-hydrogen) atoms. The topological polar surface area (TPSA) is 61.5 Å². The van der Waals surface area contributed by atoms with E-state index in [9.17, 15) is 4.79 Å². The standard InChI is InChI=1S/C11H14ClNO3/c1-15-9-3-2-8(10(12)6-9)7-16-11(14)4-5-13/h2-3,6H,4-5,7,13H2,1H3. The SMILES string of the molecule is COc1ccc(COC(=O)CCN)c(Cl)c1. The van der Waals surface area contributed by atoms with E-state index in [1.807, 2.05) is 0 Å². The molecule has 0 atom stereocenters. The Morgan fingerprint density at radius 1 is 1.50 bits per heavy atom.